The molecule has 1 N–H and O–H groups in total. The maximum absolute atomic E-state index is 11.4. The van der Waals surface area contributed by atoms with Crippen molar-refractivity contribution in [1.29, 1.82) is 0 Å². The molecule has 4 heteroatoms. The van der Waals surface area contributed by atoms with Crippen LogP contribution in [0.3, 0.4) is 0 Å². The molecule has 0 aliphatic heterocycles. The number of rotatable bonds is 4. The van der Waals surface area contributed by atoms with Crippen molar-refractivity contribution in [2.24, 2.45) is 0 Å². The molecule has 1 aromatic rings. The predicted molar refractivity (Wildman–Crippen MR) is 52.3 cm³/mol. The molecule has 76 valence electrons. The molecule has 1 amide bonds. The average molecular weight is 195 g/mol. The molecule has 0 heterocycles. The van der Waals surface area contributed by atoms with Crippen LogP contribution < -0.4 is 10.1 Å². The Morgan fingerprint density at radius 2 is 2.14 bits per heavy atom. The van der Waals surface area contributed by atoms with E-state index in [9.17, 15) is 4.79 Å². The molecule has 0 atom stereocenters. The van der Waals surface area contributed by atoms with Gasteiger partial charge in [0.1, 0.15) is 5.75 Å². The smallest absolute Gasteiger partial charge is 0.254 e. The van der Waals surface area contributed by atoms with Gasteiger partial charge in [0.15, 0.2) is 6.79 Å². The van der Waals surface area contributed by atoms with Crippen molar-refractivity contribution >= 4 is 5.91 Å². The highest BCUT2D eigenvalue weighted by molar-refractivity contribution is 5.96. The minimum Gasteiger partial charge on any atom is -0.467 e. The molecule has 0 radical (unpaired) electrons. The molecule has 0 aliphatic rings. The molecule has 0 aliphatic carbocycles. The molecule has 0 saturated heterocycles. The first-order chi connectivity index (χ1) is 6.79. The van der Waals surface area contributed by atoms with Gasteiger partial charge in [-0.1, -0.05) is 12.1 Å². The Kier molecular flexibility index (Phi) is 3.94. The molecule has 1 aromatic carbocycles. The van der Waals surface area contributed by atoms with E-state index in [1.165, 1.54) is 7.11 Å². The van der Waals surface area contributed by atoms with Crippen LogP contribution in [0.5, 0.6) is 5.75 Å². The second kappa shape index (κ2) is 5.24. The maximum Gasteiger partial charge on any atom is 0.254 e. The summed E-state index contributed by atoms with van der Waals surface area (Å²) < 4.78 is 9.99. The minimum absolute atomic E-state index is 0.133. The Balaban J connectivity index is 2.85. The van der Waals surface area contributed by atoms with Gasteiger partial charge in [-0.05, 0) is 12.1 Å². The Labute approximate surface area is 82.8 Å². The van der Waals surface area contributed by atoms with Crippen LogP contribution in [-0.4, -0.2) is 26.9 Å². The van der Waals surface area contributed by atoms with Crippen molar-refractivity contribution < 1.29 is 14.3 Å². The van der Waals surface area contributed by atoms with E-state index >= 15 is 0 Å². The van der Waals surface area contributed by atoms with Crippen molar-refractivity contribution in [3.8, 4) is 5.75 Å². The third-order valence-corrected chi connectivity index (χ3v) is 1.69. The van der Waals surface area contributed by atoms with Crippen LogP contribution in [-0.2, 0) is 4.74 Å². The van der Waals surface area contributed by atoms with Crippen LogP contribution in [0.2, 0.25) is 0 Å². The number of carbonyl (C=O) groups is 1. The minimum atomic E-state index is -0.170. The monoisotopic (exact) mass is 195 g/mol. The second-order valence-electron chi connectivity index (χ2n) is 2.63. The molecule has 0 saturated carbocycles. The first-order valence-corrected chi connectivity index (χ1v) is 4.22. The second-order valence-corrected chi connectivity index (χ2v) is 2.63. The van der Waals surface area contributed by atoms with E-state index in [4.69, 9.17) is 9.47 Å². The molecule has 0 fully saturated rings. The van der Waals surface area contributed by atoms with Crippen molar-refractivity contribution in [2.75, 3.05) is 21.0 Å². The summed E-state index contributed by atoms with van der Waals surface area (Å²) in [5, 5.41) is 2.54. The van der Waals surface area contributed by atoms with Crippen LogP contribution in [0.4, 0.5) is 0 Å². The maximum atomic E-state index is 11.4. The van der Waals surface area contributed by atoms with Crippen molar-refractivity contribution in [2.45, 2.75) is 0 Å². The van der Waals surface area contributed by atoms with Crippen molar-refractivity contribution in [1.82, 2.24) is 5.32 Å². The van der Waals surface area contributed by atoms with E-state index in [1.54, 1.807) is 31.3 Å². The Morgan fingerprint density at radius 3 is 2.79 bits per heavy atom. The van der Waals surface area contributed by atoms with Crippen LogP contribution in [0.15, 0.2) is 24.3 Å². The van der Waals surface area contributed by atoms with E-state index in [1.807, 2.05) is 0 Å². The summed E-state index contributed by atoms with van der Waals surface area (Å²) in [6.07, 6.45) is 0. The largest absolute Gasteiger partial charge is 0.467 e. The molecule has 0 bridgehead atoms. The van der Waals surface area contributed by atoms with Gasteiger partial charge in [0, 0.05) is 14.2 Å². The lowest BCUT2D eigenvalue weighted by molar-refractivity contribution is 0.0501. The van der Waals surface area contributed by atoms with Crippen LogP contribution >= 0.6 is 0 Å². The number of benzene rings is 1. The highest BCUT2D eigenvalue weighted by Gasteiger charge is 2.09. The van der Waals surface area contributed by atoms with E-state index in [2.05, 4.69) is 5.32 Å². The normalized spacial score (nSPS) is 9.57. The Bertz CT molecular complexity index is 312. The lowest BCUT2D eigenvalue weighted by Crippen LogP contribution is -2.19. The van der Waals surface area contributed by atoms with Gasteiger partial charge >= 0.3 is 0 Å². The van der Waals surface area contributed by atoms with E-state index in [0.29, 0.717) is 11.3 Å². The molecule has 0 aromatic heterocycles. The van der Waals surface area contributed by atoms with Gasteiger partial charge in [0.25, 0.3) is 5.91 Å². The number of carbonyl (C=O) groups excluding carboxylic acids is 1. The van der Waals surface area contributed by atoms with Gasteiger partial charge in [0.2, 0.25) is 0 Å². The summed E-state index contributed by atoms with van der Waals surface area (Å²) >= 11 is 0. The SMILES string of the molecule is CNC(=O)c1ccccc1OCOC. The van der Waals surface area contributed by atoms with Gasteiger partial charge in [0.05, 0.1) is 5.56 Å². The summed E-state index contributed by atoms with van der Waals surface area (Å²) in [6, 6.07) is 7.01. The third kappa shape index (κ3) is 2.47. The average Bonchev–Trinajstić information content (AvgIpc) is 2.25. The predicted octanol–water partition coefficient (Wildman–Crippen LogP) is 1.03. The standard InChI is InChI=1S/C10H13NO3/c1-11-10(12)8-5-3-4-6-9(8)14-7-13-2/h3-6H,7H2,1-2H3,(H,11,12). The van der Waals surface area contributed by atoms with E-state index in [-0.39, 0.29) is 12.7 Å². The fraction of sp³-hybridized carbons (Fsp3) is 0.300. The lowest BCUT2D eigenvalue weighted by atomic mass is 10.2. The number of nitrogens with one attached hydrogen (secondary N) is 1. The molecule has 14 heavy (non-hydrogen) atoms. The van der Waals surface area contributed by atoms with Gasteiger partial charge in [-0.3, -0.25) is 4.79 Å². The van der Waals surface area contributed by atoms with Crippen LogP contribution in [0, 0.1) is 0 Å². The fourth-order valence-electron chi connectivity index (χ4n) is 1.04. The fourth-order valence-corrected chi connectivity index (χ4v) is 1.04. The zero-order chi connectivity index (χ0) is 10.4. The van der Waals surface area contributed by atoms with Crippen LogP contribution in [0.25, 0.3) is 0 Å². The summed E-state index contributed by atoms with van der Waals surface area (Å²) in [5.74, 6) is 0.352. The van der Waals surface area contributed by atoms with E-state index < -0.39 is 0 Å². The quantitative estimate of drug-likeness (QED) is 0.730. The zero-order valence-electron chi connectivity index (χ0n) is 8.24. The number of ether oxygens (including phenoxy) is 2. The molecular weight excluding hydrogens is 182 g/mol. The summed E-state index contributed by atoms with van der Waals surface area (Å²) in [5.41, 5.74) is 0.507. The number of para-hydroxylation sites is 1. The number of hydrogen-bond acceptors (Lipinski definition) is 3. The first-order valence-electron chi connectivity index (χ1n) is 4.22. The van der Waals surface area contributed by atoms with Gasteiger partial charge < -0.3 is 14.8 Å². The molecular formula is C10H13NO3. The summed E-state index contributed by atoms with van der Waals surface area (Å²) in [7, 11) is 3.11. The van der Waals surface area contributed by atoms with Crippen LogP contribution in [0.1, 0.15) is 10.4 Å². The van der Waals surface area contributed by atoms with Crippen molar-refractivity contribution in [3.05, 3.63) is 29.8 Å². The topological polar surface area (TPSA) is 47.6 Å². The summed E-state index contributed by atoms with van der Waals surface area (Å²) in [4.78, 5) is 11.4. The highest BCUT2D eigenvalue weighted by Crippen LogP contribution is 2.17. The molecule has 0 unspecified atom stereocenters. The van der Waals surface area contributed by atoms with Gasteiger partial charge in [-0.25, -0.2) is 0 Å². The number of methoxy groups -OCH3 is 1. The Hall–Kier alpha value is -1.55. The van der Waals surface area contributed by atoms with Gasteiger partial charge in [-0.2, -0.15) is 0 Å². The molecule has 4 nitrogen and oxygen atoms in total. The number of hydrogen-bond donors (Lipinski definition) is 1. The highest BCUT2D eigenvalue weighted by atomic mass is 16.7. The molecule has 0 spiro atoms. The Morgan fingerprint density at radius 1 is 1.43 bits per heavy atom. The zero-order valence-corrected chi connectivity index (χ0v) is 8.24. The van der Waals surface area contributed by atoms with Crippen molar-refractivity contribution in [3.63, 3.8) is 0 Å². The third-order valence-electron chi connectivity index (χ3n) is 1.69. The summed E-state index contributed by atoms with van der Waals surface area (Å²) in [6.45, 7) is 0.133. The lowest BCUT2D eigenvalue weighted by Gasteiger charge is -2.08. The first kappa shape index (κ1) is 10.5. The van der Waals surface area contributed by atoms with E-state index in [0.717, 1.165) is 0 Å². The number of amides is 1. The molecule has 1 rings (SSSR count). The van der Waals surface area contributed by atoms with Gasteiger partial charge in [-0.15, -0.1) is 0 Å².